The van der Waals surface area contributed by atoms with E-state index in [1.165, 1.54) is 0 Å². The maximum absolute atomic E-state index is 14.4. The lowest BCUT2D eigenvalue weighted by Gasteiger charge is -2.33. The number of carbonyl (C=O) groups excluding carboxylic acids is 1. The van der Waals surface area contributed by atoms with Crippen LogP contribution in [0.2, 0.25) is 0 Å². The van der Waals surface area contributed by atoms with Crippen molar-refractivity contribution in [3.05, 3.63) is 101 Å². The highest BCUT2D eigenvalue weighted by Gasteiger charge is 2.42. The number of amides is 1. The Balaban J connectivity index is 1.22. The molecule has 2 unspecified atom stereocenters. The minimum absolute atomic E-state index is 0.0413. The molecule has 2 heterocycles. The van der Waals surface area contributed by atoms with Gasteiger partial charge in [0.15, 0.2) is 11.6 Å². The van der Waals surface area contributed by atoms with E-state index in [2.05, 4.69) is 24.3 Å². The molecule has 0 spiro atoms. The summed E-state index contributed by atoms with van der Waals surface area (Å²) in [5.41, 5.74) is 4.66. The fraction of sp³-hybridized carbons (Fsp3) is 0.250. The third-order valence-corrected chi connectivity index (χ3v) is 7.31. The number of ether oxygens (including phenoxy) is 1. The number of halogens is 3. The highest BCUT2D eigenvalue weighted by atomic mass is 19.2. The van der Waals surface area contributed by atoms with E-state index < -0.39 is 23.5 Å². The van der Waals surface area contributed by atoms with Crippen molar-refractivity contribution >= 4 is 11.7 Å². The number of hydrogen-bond acceptors (Lipinski definition) is 2. The van der Waals surface area contributed by atoms with Gasteiger partial charge in [-0.3, -0.25) is 4.90 Å². The second kappa shape index (κ2) is 8.05. The highest BCUT2D eigenvalue weighted by Crippen LogP contribution is 2.45. The largest absolute Gasteiger partial charge is 0.448 e. The normalized spacial score (nSPS) is 20.7. The van der Waals surface area contributed by atoms with Crippen molar-refractivity contribution in [2.45, 2.75) is 37.3 Å². The highest BCUT2D eigenvalue weighted by molar-refractivity contribution is 5.79. The lowest BCUT2D eigenvalue weighted by molar-refractivity contribution is 0.0866. The number of carbonyl (C=O) groups is 1. The number of nitrogens with zero attached hydrogens (tertiary/aromatic N) is 1. The summed E-state index contributed by atoms with van der Waals surface area (Å²) in [5.74, 6) is -3.09. The molecule has 0 aromatic heterocycles. The van der Waals surface area contributed by atoms with Gasteiger partial charge in [-0.05, 0) is 59.2 Å². The van der Waals surface area contributed by atoms with Crippen molar-refractivity contribution in [3.63, 3.8) is 0 Å². The van der Waals surface area contributed by atoms with E-state index in [0.29, 0.717) is 18.4 Å². The molecule has 1 aliphatic carbocycles. The average molecular weight is 461 g/mol. The molecule has 2 atom stereocenters. The van der Waals surface area contributed by atoms with Gasteiger partial charge in [-0.15, -0.1) is 0 Å². The van der Waals surface area contributed by atoms with Crippen molar-refractivity contribution in [1.82, 2.24) is 4.90 Å². The van der Waals surface area contributed by atoms with Crippen LogP contribution in [0, 0.1) is 17.5 Å². The zero-order valence-corrected chi connectivity index (χ0v) is 18.3. The van der Waals surface area contributed by atoms with Gasteiger partial charge in [-0.1, -0.05) is 54.6 Å². The Morgan fingerprint density at radius 1 is 0.882 bits per heavy atom. The molecule has 3 aromatic rings. The molecule has 1 amide bonds. The first-order valence-electron chi connectivity index (χ1n) is 11.5. The van der Waals surface area contributed by atoms with Crippen LogP contribution in [0.25, 0.3) is 16.7 Å². The molecule has 2 bridgehead atoms. The van der Waals surface area contributed by atoms with E-state index in [4.69, 9.17) is 4.74 Å². The monoisotopic (exact) mass is 461 g/mol. The summed E-state index contributed by atoms with van der Waals surface area (Å²) in [6.07, 6.45) is 2.90. The summed E-state index contributed by atoms with van der Waals surface area (Å²) in [4.78, 5) is 14.8. The van der Waals surface area contributed by atoms with Gasteiger partial charge in [0, 0.05) is 12.0 Å². The number of rotatable bonds is 3. The van der Waals surface area contributed by atoms with Gasteiger partial charge in [0.1, 0.15) is 12.4 Å². The van der Waals surface area contributed by atoms with E-state index in [1.54, 1.807) is 11.0 Å². The molecule has 172 valence electrons. The van der Waals surface area contributed by atoms with Crippen molar-refractivity contribution in [2.24, 2.45) is 0 Å². The summed E-state index contributed by atoms with van der Waals surface area (Å²) < 4.78 is 48.2. The third kappa shape index (κ3) is 3.23. The fourth-order valence-electron chi connectivity index (χ4n) is 5.79. The van der Waals surface area contributed by atoms with Gasteiger partial charge in [-0.25, -0.2) is 18.0 Å². The van der Waals surface area contributed by atoms with Crippen molar-refractivity contribution in [2.75, 3.05) is 6.61 Å². The average Bonchev–Trinajstić information content (AvgIpc) is 3.31. The van der Waals surface area contributed by atoms with Gasteiger partial charge < -0.3 is 4.74 Å². The van der Waals surface area contributed by atoms with E-state index in [0.717, 1.165) is 34.4 Å². The summed E-state index contributed by atoms with van der Waals surface area (Å²) in [6, 6.07) is 17.4. The lowest BCUT2D eigenvalue weighted by Crippen LogP contribution is -2.43. The lowest BCUT2D eigenvalue weighted by atomic mass is 9.94. The zero-order valence-electron chi connectivity index (χ0n) is 18.3. The molecular weight excluding hydrogens is 439 g/mol. The van der Waals surface area contributed by atoms with E-state index in [-0.39, 0.29) is 36.6 Å². The molecule has 3 nitrogen and oxygen atoms in total. The molecule has 3 aliphatic rings. The van der Waals surface area contributed by atoms with Gasteiger partial charge >= 0.3 is 6.09 Å². The molecule has 34 heavy (non-hydrogen) atoms. The Hall–Kier alpha value is -3.54. The SMILES string of the molecule is O=C(OCC1c2ccccc2-c2ccccc21)N1C2C=C(c3c(F)ccc(F)c3F)CC1CC2. The fourth-order valence-corrected chi connectivity index (χ4v) is 5.79. The van der Waals surface area contributed by atoms with Crippen molar-refractivity contribution < 1.29 is 22.7 Å². The minimum Gasteiger partial charge on any atom is -0.448 e. The number of hydrogen-bond donors (Lipinski definition) is 0. The molecular formula is C28H22F3NO2. The predicted octanol–water partition coefficient (Wildman–Crippen LogP) is 6.67. The van der Waals surface area contributed by atoms with E-state index in [9.17, 15) is 18.0 Å². The van der Waals surface area contributed by atoms with Crippen LogP contribution in [-0.4, -0.2) is 29.7 Å². The zero-order chi connectivity index (χ0) is 23.4. The summed E-state index contributed by atoms with van der Waals surface area (Å²) >= 11 is 0. The van der Waals surface area contributed by atoms with Crippen LogP contribution in [0.4, 0.5) is 18.0 Å². The predicted molar refractivity (Wildman–Crippen MR) is 123 cm³/mol. The van der Waals surface area contributed by atoms with E-state index in [1.807, 2.05) is 24.3 Å². The molecule has 2 aliphatic heterocycles. The maximum Gasteiger partial charge on any atom is 0.410 e. The summed E-state index contributed by atoms with van der Waals surface area (Å²) in [7, 11) is 0. The van der Waals surface area contributed by atoms with Crippen molar-refractivity contribution in [3.8, 4) is 11.1 Å². The van der Waals surface area contributed by atoms with Crippen LogP contribution >= 0.6 is 0 Å². The molecule has 3 aromatic carbocycles. The summed E-state index contributed by atoms with van der Waals surface area (Å²) in [6.45, 7) is 0.215. The first-order valence-corrected chi connectivity index (χ1v) is 11.5. The van der Waals surface area contributed by atoms with Crippen LogP contribution in [0.15, 0.2) is 66.7 Å². The number of fused-ring (bicyclic) bond motifs is 5. The Morgan fingerprint density at radius 2 is 1.53 bits per heavy atom. The van der Waals surface area contributed by atoms with Crippen LogP contribution in [-0.2, 0) is 4.74 Å². The smallest absolute Gasteiger partial charge is 0.410 e. The van der Waals surface area contributed by atoms with Gasteiger partial charge in [-0.2, -0.15) is 0 Å². The van der Waals surface area contributed by atoms with Crippen LogP contribution < -0.4 is 0 Å². The molecule has 6 rings (SSSR count). The third-order valence-electron chi connectivity index (χ3n) is 7.31. The first kappa shape index (κ1) is 21.0. The molecule has 6 heteroatoms. The van der Waals surface area contributed by atoms with Crippen LogP contribution in [0.3, 0.4) is 0 Å². The minimum atomic E-state index is -1.18. The summed E-state index contributed by atoms with van der Waals surface area (Å²) in [5, 5.41) is 0. The molecule has 0 radical (unpaired) electrons. The van der Waals surface area contributed by atoms with Gasteiger partial charge in [0.2, 0.25) is 0 Å². The Morgan fingerprint density at radius 3 is 2.21 bits per heavy atom. The Kier molecular flexibility index (Phi) is 4.97. The quantitative estimate of drug-likeness (QED) is 0.408. The van der Waals surface area contributed by atoms with E-state index >= 15 is 0 Å². The molecule has 1 saturated heterocycles. The second-order valence-corrected chi connectivity index (χ2v) is 9.12. The second-order valence-electron chi connectivity index (χ2n) is 9.12. The Bertz CT molecular complexity index is 1290. The van der Waals surface area contributed by atoms with Crippen LogP contribution in [0.5, 0.6) is 0 Å². The first-order chi connectivity index (χ1) is 16.5. The van der Waals surface area contributed by atoms with Crippen LogP contribution in [0.1, 0.15) is 41.9 Å². The Labute approximate surface area is 195 Å². The topological polar surface area (TPSA) is 29.5 Å². The van der Waals surface area contributed by atoms with Crippen molar-refractivity contribution in [1.29, 1.82) is 0 Å². The molecule has 0 saturated carbocycles. The molecule has 0 N–H and O–H groups in total. The van der Waals surface area contributed by atoms with Gasteiger partial charge in [0.25, 0.3) is 0 Å². The molecule has 1 fully saturated rings. The van der Waals surface area contributed by atoms with Gasteiger partial charge in [0.05, 0.1) is 11.6 Å². The standard InChI is InChI=1S/C28H22F3NO2/c29-24-11-12-25(30)27(31)26(24)16-13-17-9-10-18(14-16)32(17)28(33)34-15-23-21-7-3-1-5-19(21)20-6-2-4-8-22(20)23/h1-8,11-13,17-18,23H,9-10,14-15H2. The number of benzene rings is 3. The maximum atomic E-state index is 14.4.